The molecule has 0 aliphatic heterocycles. The molecular formula is C8H20O6S. The zero-order valence-corrected chi connectivity index (χ0v) is 9.81. The molecule has 2 atom stereocenters. The zero-order chi connectivity index (χ0) is 12.5. The number of hydrogen-bond acceptors (Lipinski definition) is 4. The molecule has 0 aromatic heterocycles. The van der Waals surface area contributed by atoms with Crippen LogP contribution >= 0.6 is 0 Å². The van der Waals surface area contributed by atoms with E-state index in [0.29, 0.717) is 0 Å². The topological polar surface area (TPSA) is 115 Å². The molecule has 0 rings (SSSR count). The Morgan fingerprint density at radius 2 is 1.13 bits per heavy atom. The minimum Gasteiger partial charge on any atom is -0.393 e. The smallest absolute Gasteiger partial charge is 0.393 e. The molecule has 0 saturated heterocycles. The molecule has 0 aliphatic rings. The lowest BCUT2D eigenvalue weighted by atomic mass is 10.1. The van der Waals surface area contributed by atoms with E-state index in [4.69, 9.17) is 27.7 Å². The Bertz CT molecular complexity index is 207. The van der Waals surface area contributed by atoms with Gasteiger partial charge in [0.25, 0.3) is 0 Å². The van der Waals surface area contributed by atoms with Crippen molar-refractivity contribution in [3.8, 4) is 0 Å². The van der Waals surface area contributed by atoms with Gasteiger partial charge in [0.1, 0.15) is 0 Å². The summed E-state index contributed by atoms with van der Waals surface area (Å²) in [6, 6.07) is 0. The highest BCUT2D eigenvalue weighted by atomic mass is 32.3. The Hall–Kier alpha value is -0.210. The summed E-state index contributed by atoms with van der Waals surface area (Å²) in [5, 5.41) is 18.2. The van der Waals surface area contributed by atoms with Crippen LogP contribution in [-0.2, 0) is 10.4 Å². The third-order valence-electron chi connectivity index (χ3n) is 1.78. The van der Waals surface area contributed by atoms with Crippen molar-refractivity contribution >= 4 is 10.4 Å². The van der Waals surface area contributed by atoms with Crippen LogP contribution in [0.25, 0.3) is 0 Å². The molecular weight excluding hydrogens is 224 g/mol. The van der Waals surface area contributed by atoms with Crippen LogP contribution in [0.15, 0.2) is 0 Å². The Labute approximate surface area is 90.5 Å². The van der Waals surface area contributed by atoms with E-state index in [-0.39, 0.29) is 12.2 Å². The molecule has 0 amide bonds. The van der Waals surface area contributed by atoms with Crippen LogP contribution in [0.2, 0.25) is 0 Å². The fourth-order valence-corrected chi connectivity index (χ4v) is 0.793. The lowest BCUT2D eigenvalue weighted by Gasteiger charge is -2.10. The molecule has 0 radical (unpaired) electrons. The maximum absolute atomic E-state index is 9.09. The molecule has 0 fully saturated rings. The van der Waals surface area contributed by atoms with Gasteiger partial charge in [-0.2, -0.15) is 8.42 Å². The van der Waals surface area contributed by atoms with Crippen molar-refractivity contribution in [1.29, 1.82) is 0 Å². The van der Waals surface area contributed by atoms with Gasteiger partial charge < -0.3 is 10.2 Å². The van der Waals surface area contributed by atoms with E-state index in [0.717, 1.165) is 25.7 Å². The lowest BCUT2D eigenvalue weighted by molar-refractivity contribution is 0.109. The highest BCUT2D eigenvalue weighted by Gasteiger charge is 2.04. The first-order valence-electron chi connectivity index (χ1n) is 4.76. The van der Waals surface area contributed by atoms with Crippen molar-refractivity contribution in [3.63, 3.8) is 0 Å². The fraction of sp³-hybridized carbons (Fsp3) is 1.00. The number of aliphatic hydroxyl groups excluding tert-OH is 2. The first-order chi connectivity index (χ1) is 6.70. The minimum absolute atomic E-state index is 0.221. The summed E-state index contributed by atoms with van der Waals surface area (Å²) in [5.41, 5.74) is 0. The van der Waals surface area contributed by atoms with Gasteiger partial charge in [0.05, 0.1) is 12.2 Å². The first-order valence-corrected chi connectivity index (χ1v) is 6.16. The predicted octanol–water partition coefficient (Wildman–Crippen LogP) is 0.656. The lowest BCUT2D eigenvalue weighted by Crippen LogP contribution is -2.11. The summed E-state index contributed by atoms with van der Waals surface area (Å²) in [6.45, 7) is 3.89. The van der Waals surface area contributed by atoms with Gasteiger partial charge in [-0.15, -0.1) is 0 Å². The van der Waals surface area contributed by atoms with E-state index >= 15 is 0 Å². The molecule has 94 valence electrons. The fourth-order valence-electron chi connectivity index (χ4n) is 0.793. The van der Waals surface area contributed by atoms with Gasteiger partial charge in [0, 0.05) is 0 Å². The summed E-state index contributed by atoms with van der Waals surface area (Å²) in [5.74, 6) is 0. The number of hydrogen-bond donors (Lipinski definition) is 4. The second kappa shape index (κ2) is 9.05. The highest BCUT2D eigenvalue weighted by molar-refractivity contribution is 7.79. The van der Waals surface area contributed by atoms with Crippen LogP contribution < -0.4 is 0 Å². The van der Waals surface area contributed by atoms with E-state index in [1.807, 2.05) is 13.8 Å². The SMILES string of the molecule is CC[C@H](O)CC[C@@H](O)CC.O=S(=O)(O)O. The molecule has 0 spiro atoms. The third kappa shape index (κ3) is 24.8. The van der Waals surface area contributed by atoms with Gasteiger partial charge >= 0.3 is 10.4 Å². The zero-order valence-electron chi connectivity index (χ0n) is 9.00. The molecule has 0 aromatic carbocycles. The van der Waals surface area contributed by atoms with Gasteiger partial charge in [-0.1, -0.05) is 13.8 Å². The van der Waals surface area contributed by atoms with E-state index < -0.39 is 10.4 Å². The van der Waals surface area contributed by atoms with Crippen LogP contribution in [0.5, 0.6) is 0 Å². The van der Waals surface area contributed by atoms with Gasteiger partial charge in [0.2, 0.25) is 0 Å². The van der Waals surface area contributed by atoms with E-state index in [1.54, 1.807) is 0 Å². The molecule has 4 N–H and O–H groups in total. The molecule has 0 aliphatic carbocycles. The van der Waals surface area contributed by atoms with Crippen LogP contribution in [0.1, 0.15) is 39.5 Å². The summed E-state index contributed by atoms with van der Waals surface area (Å²) < 4.78 is 31.6. The van der Waals surface area contributed by atoms with Gasteiger partial charge in [-0.25, -0.2) is 0 Å². The molecule has 0 aromatic rings. The Kier molecular flexibility index (Phi) is 10.4. The summed E-state index contributed by atoms with van der Waals surface area (Å²) in [7, 11) is -4.67. The van der Waals surface area contributed by atoms with Gasteiger partial charge in [0.15, 0.2) is 0 Å². The normalized spacial score (nSPS) is 15.1. The second-order valence-electron chi connectivity index (χ2n) is 3.15. The largest absolute Gasteiger partial charge is 0.394 e. The van der Waals surface area contributed by atoms with Gasteiger partial charge in [-0.3, -0.25) is 9.11 Å². The van der Waals surface area contributed by atoms with Crippen molar-refractivity contribution in [2.75, 3.05) is 0 Å². The molecule has 0 saturated carbocycles. The van der Waals surface area contributed by atoms with Crippen LogP contribution in [-0.4, -0.2) is 39.9 Å². The molecule has 0 bridgehead atoms. The van der Waals surface area contributed by atoms with Crippen LogP contribution in [0.3, 0.4) is 0 Å². The molecule has 6 nitrogen and oxygen atoms in total. The molecule has 0 unspecified atom stereocenters. The van der Waals surface area contributed by atoms with Gasteiger partial charge in [-0.05, 0) is 25.7 Å². The Morgan fingerprint density at radius 3 is 1.27 bits per heavy atom. The monoisotopic (exact) mass is 244 g/mol. The van der Waals surface area contributed by atoms with E-state index in [9.17, 15) is 0 Å². The van der Waals surface area contributed by atoms with Crippen molar-refractivity contribution in [2.45, 2.75) is 51.7 Å². The van der Waals surface area contributed by atoms with Crippen LogP contribution in [0.4, 0.5) is 0 Å². The Balaban J connectivity index is 0. The third-order valence-corrected chi connectivity index (χ3v) is 1.78. The molecule has 0 heterocycles. The highest BCUT2D eigenvalue weighted by Crippen LogP contribution is 2.06. The van der Waals surface area contributed by atoms with Crippen molar-refractivity contribution in [1.82, 2.24) is 0 Å². The average Bonchev–Trinajstić information content (AvgIpc) is 2.10. The Morgan fingerprint density at radius 1 is 0.933 bits per heavy atom. The maximum Gasteiger partial charge on any atom is 0.394 e. The van der Waals surface area contributed by atoms with Crippen molar-refractivity contribution in [2.24, 2.45) is 0 Å². The summed E-state index contributed by atoms with van der Waals surface area (Å²) >= 11 is 0. The first kappa shape index (κ1) is 17.2. The molecule has 15 heavy (non-hydrogen) atoms. The predicted molar refractivity (Wildman–Crippen MR) is 56.0 cm³/mol. The number of rotatable bonds is 5. The summed E-state index contributed by atoms with van der Waals surface area (Å²) in [4.78, 5) is 0. The minimum atomic E-state index is -4.67. The van der Waals surface area contributed by atoms with E-state index in [1.165, 1.54) is 0 Å². The van der Waals surface area contributed by atoms with Crippen molar-refractivity contribution in [3.05, 3.63) is 0 Å². The van der Waals surface area contributed by atoms with E-state index in [2.05, 4.69) is 0 Å². The second-order valence-corrected chi connectivity index (χ2v) is 4.04. The summed E-state index contributed by atoms with van der Waals surface area (Å²) in [6.07, 6.45) is 2.59. The molecule has 7 heteroatoms. The average molecular weight is 244 g/mol. The number of aliphatic hydroxyl groups is 2. The van der Waals surface area contributed by atoms with Crippen molar-refractivity contribution < 1.29 is 27.7 Å². The van der Waals surface area contributed by atoms with Crippen LogP contribution in [0, 0.1) is 0 Å². The standard InChI is InChI=1S/C8H18O2.H2O4S/c1-3-7(9)5-6-8(10)4-2;1-5(2,3)4/h7-10H,3-6H2,1-2H3;(H2,1,2,3,4)/t7-,8-;/m0./s1. The maximum atomic E-state index is 9.09. The quantitative estimate of drug-likeness (QED) is 0.528.